The summed E-state index contributed by atoms with van der Waals surface area (Å²) < 4.78 is 11.5. The van der Waals surface area contributed by atoms with Crippen LogP contribution in [0.4, 0.5) is 0 Å². The van der Waals surface area contributed by atoms with Gasteiger partial charge in [0.2, 0.25) is 0 Å². The van der Waals surface area contributed by atoms with Crippen LogP contribution in [0.2, 0.25) is 5.02 Å². The van der Waals surface area contributed by atoms with Crippen molar-refractivity contribution < 1.29 is 9.47 Å². The minimum absolute atomic E-state index is 0.0515. The molecule has 0 amide bonds. The SMILES string of the molecule is COc1ccc(C2=NN3[C@H](CC(C)C)Oc4ccc(Cl)cc4[C@H]3C2)cc1. The first-order valence-electron chi connectivity index (χ1n) is 9.01. The number of ether oxygens (including phenoxy) is 2. The van der Waals surface area contributed by atoms with Crippen LogP contribution >= 0.6 is 11.6 Å². The van der Waals surface area contributed by atoms with E-state index in [4.69, 9.17) is 26.2 Å². The van der Waals surface area contributed by atoms with E-state index >= 15 is 0 Å². The van der Waals surface area contributed by atoms with E-state index in [0.29, 0.717) is 5.92 Å². The summed E-state index contributed by atoms with van der Waals surface area (Å²) in [4.78, 5) is 0. The average Bonchev–Trinajstić information content (AvgIpc) is 3.08. The molecular formula is C21H23ClN2O2. The van der Waals surface area contributed by atoms with Gasteiger partial charge in [-0.1, -0.05) is 25.4 Å². The molecule has 136 valence electrons. The standard InChI is InChI=1S/C21H23ClN2O2/c1-13(2)10-21-24-19(17-11-15(22)6-9-20(17)26-21)12-18(23-24)14-4-7-16(25-3)8-5-14/h4-9,11,13,19,21H,10,12H2,1-3H3/t19-,21+/m1/s1. The Bertz CT molecular complexity index is 832. The molecular weight excluding hydrogens is 348 g/mol. The van der Waals surface area contributed by atoms with Crippen molar-refractivity contribution in [2.45, 2.75) is 39.0 Å². The Morgan fingerprint density at radius 3 is 2.69 bits per heavy atom. The van der Waals surface area contributed by atoms with Crippen molar-refractivity contribution in [3.63, 3.8) is 0 Å². The van der Waals surface area contributed by atoms with Gasteiger partial charge in [0.1, 0.15) is 11.5 Å². The van der Waals surface area contributed by atoms with E-state index < -0.39 is 0 Å². The lowest BCUT2D eigenvalue weighted by atomic mass is 9.95. The lowest BCUT2D eigenvalue weighted by molar-refractivity contribution is -0.0291. The van der Waals surface area contributed by atoms with Gasteiger partial charge in [0, 0.05) is 23.4 Å². The van der Waals surface area contributed by atoms with Crippen molar-refractivity contribution >= 4 is 17.3 Å². The fourth-order valence-corrected chi connectivity index (χ4v) is 3.83. The number of hydrogen-bond donors (Lipinski definition) is 0. The van der Waals surface area contributed by atoms with Crippen LogP contribution in [0.25, 0.3) is 0 Å². The molecule has 4 nitrogen and oxygen atoms in total. The van der Waals surface area contributed by atoms with Crippen LogP contribution < -0.4 is 9.47 Å². The molecule has 26 heavy (non-hydrogen) atoms. The van der Waals surface area contributed by atoms with Crippen LogP contribution in [-0.4, -0.2) is 24.1 Å². The molecule has 0 aliphatic carbocycles. The van der Waals surface area contributed by atoms with Crippen molar-refractivity contribution in [2.75, 3.05) is 7.11 Å². The molecule has 5 heteroatoms. The smallest absolute Gasteiger partial charge is 0.188 e. The first kappa shape index (κ1) is 17.2. The van der Waals surface area contributed by atoms with Crippen LogP contribution in [0.1, 0.15) is 43.9 Å². The summed E-state index contributed by atoms with van der Waals surface area (Å²) in [6.45, 7) is 4.42. The van der Waals surface area contributed by atoms with E-state index in [2.05, 4.69) is 31.0 Å². The summed E-state index contributed by atoms with van der Waals surface area (Å²) in [5.41, 5.74) is 3.31. The van der Waals surface area contributed by atoms with Gasteiger partial charge in [-0.2, -0.15) is 5.10 Å². The molecule has 0 radical (unpaired) electrons. The van der Waals surface area contributed by atoms with Gasteiger partial charge in [0.25, 0.3) is 0 Å². The van der Waals surface area contributed by atoms with Gasteiger partial charge in [0.15, 0.2) is 6.23 Å². The molecule has 2 atom stereocenters. The lowest BCUT2D eigenvalue weighted by Crippen LogP contribution is -2.41. The second-order valence-electron chi connectivity index (χ2n) is 7.26. The fraction of sp³-hybridized carbons (Fsp3) is 0.381. The number of hydrazone groups is 1. The molecule has 0 N–H and O–H groups in total. The Labute approximate surface area is 159 Å². The zero-order valence-corrected chi connectivity index (χ0v) is 16.0. The maximum Gasteiger partial charge on any atom is 0.188 e. The molecule has 2 heterocycles. The first-order valence-corrected chi connectivity index (χ1v) is 9.39. The highest BCUT2D eigenvalue weighted by molar-refractivity contribution is 6.30. The molecule has 4 rings (SSSR count). The molecule has 0 unspecified atom stereocenters. The van der Waals surface area contributed by atoms with Crippen molar-refractivity contribution in [3.05, 3.63) is 58.6 Å². The van der Waals surface area contributed by atoms with E-state index in [0.717, 1.165) is 46.2 Å². The zero-order valence-electron chi connectivity index (χ0n) is 15.3. The number of benzene rings is 2. The zero-order chi connectivity index (χ0) is 18.3. The number of fused-ring (bicyclic) bond motifs is 3. The summed E-state index contributed by atoms with van der Waals surface area (Å²) in [5, 5.41) is 7.79. The summed E-state index contributed by atoms with van der Waals surface area (Å²) in [6, 6.07) is 14.1. The van der Waals surface area contributed by atoms with E-state index in [1.165, 1.54) is 0 Å². The molecule has 2 aliphatic rings. The van der Waals surface area contributed by atoms with Crippen LogP contribution in [-0.2, 0) is 0 Å². The summed E-state index contributed by atoms with van der Waals surface area (Å²) >= 11 is 6.25. The molecule has 2 aromatic rings. The van der Waals surface area contributed by atoms with Gasteiger partial charge in [-0.15, -0.1) is 0 Å². The van der Waals surface area contributed by atoms with E-state index in [1.54, 1.807) is 7.11 Å². The predicted octanol–water partition coefficient (Wildman–Crippen LogP) is 5.26. The van der Waals surface area contributed by atoms with E-state index in [9.17, 15) is 0 Å². The predicted molar refractivity (Wildman–Crippen MR) is 104 cm³/mol. The van der Waals surface area contributed by atoms with Gasteiger partial charge in [-0.3, -0.25) is 5.01 Å². The molecule has 0 aromatic heterocycles. The minimum Gasteiger partial charge on any atom is -0.497 e. The van der Waals surface area contributed by atoms with Crippen molar-refractivity contribution in [1.29, 1.82) is 0 Å². The van der Waals surface area contributed by atoms with Gasteiger partial charge >= 0.3 is 0 Å². The Morgan fingerprint density at radius 2 is 2.00 bits per heavy atom. The third kappa shape index (κ3) is 3.14. The highest BCUT2D eigenvalue weighted by atomic mass is 35.5. The quantitative estimate of drug-likeness (QED) is 0.735. The highest BCUT2D eigenvalue weighted by Crippen LogP contribution is 2.45. The molecule has 2 aromatic carbocycles. The average molecular weight is 371 g/mol. The van der Waals surface area contributed by atoms with Gasteiger partial charge in [0.05, 0.1) is 18.9 Å². The molecule has 0 saturated heterocycles. The Morgan fingerprint density at radius 1 is 1.23 bits per heavy atom. The Hall–Kier alpha value is -2.20. The fourth-order valence-electron chi connectivity index (χ4n) is 3.65. The summed E-state index contributed by atoms with van der Waals surface area (Å²) in [5.74, 6) is 2.30. The maximum absolute atomic E-state index is 6.27. The molecule has 0 saturated carbocycles. The van der Waals surface area contributed by atoms with Gasteiger partial charge in [-0.05, 0) is 53.9 Å². The lowest BCUT2D eigenvalue weighted by Gasteiger charge is -2.38. The second kappa shape index (κ2) is 6.84. The minimum atomic E-state index is -0.0515. The summed E-state index contributed by atoms with van der Waals surface area (Å²) in [7, 11) is 1.68. The second-order valence-corrected chi connectivity index (χ2v) is 7.70. The monoisotopic (exact) mass is 370 g/mol. The van der Waals surface area contributed by atoms with Crippen LogP contribution in [0.3, 0.4) is 0 Å². The molecule has 2 aliphatic heterocycles. The van der Waals surface area contributed by atoms with Crippen molar-refractivity contribution in [2.24, 2.45) is 11.0 Å². The molecule has 0 spiro atoms. The van der Waals surface area contributed by atoms with Crippen LogP contribution in [0, 0.1) is 5.92 Å². The third-order valence-corrected chi connectivity index (χ3v) is 5.16. The molecule has 0 bridgehead atoms. The summed E-state index contributed by atoms with van der Waals surface area (Å²) in [6.07, 6.45) is 1.72. The van der Waals surface area contributed by atoms with Crippen molar-refractivity contribution in [1.82, 2.24) is 5.01 Å². The van der Waals surface area contributed by atoms with E-state index in [-0.39, 0.29) is 12.3 Å². The van der Waals surface area contributed by atoms with Gasteiger partial charge < -0.3 is 9.47 Å². The van der Waals surface area contributed by atoms with Crippen LogP contribution in [0.5, 0.6) is 11.5 Å². The number of methoxy groups -OCH3 is 1. The van der Waals surface area contributed by atoms with Crippen molar-refractivity contribution in [3.8, 4) is 11.5 Å². The highest BCUT2D eigenvalue weighted by Gasteiger charge is 2.40. The third-order valence-electron chi connectivity index (χ3n) is 4.93. The maximum atomic E-state index is 6.27. The number of nitrogens with zero attached hydrogens (tertiary/aromatic N) is 2. The van der Waals surface area contributed by atoms with E-state index in [1.807, 2.05) is 30.3 Å². The van der Waals surface area contributed by atoms with Gasteiger partial charge in [-0.25, -0.2) is 0 Å². The largest absolute Gasteiger partial charge is 0.497 e. The normalized spacial score (nSPS) is 21.1. The van der Waals surface area contributed by atoms with Crippen LogP contribution in [0.15, 0.2) is 47.6 Å². The number of halogens is 1. The number of rotatable bonds is 4. The Kier molecular flexibility index (Phi) is 4.53. The number of hydrogen-bond acceptors (Lipinski definition) is 4. The molecule has 0 fully saturated rings. The Balaban J connectivity index is 1.70. The topological polar surface area (TPSA) is 34.1 Å². The first-order chi connectivity index (χ1) is 12.5.